The highest BCUT2D eigenvalue weighted by Crippen LogP contribution is 2.18. The summed E-state index contributed by atoms with van der Waals surface area (Å²) >= 11 is 0. The monoisotopic (exact) mass is 380 g/mol. The number of amides is 1. The molecule has 0 aliphatic carbocycles. The first-order chi connectivity index (χ1) is 13.4. The summed E-state index contributed by atoms with van der Waals surface area (Å²) in [5.41, 5.74) is 1.76. The van der Waals surface area contributed by atoms with Crippen molar-refractivity contribution in [2.24, 2.45) is 0 Å². The molecule has 0 atom stereocenters. The molecule has 0 aliphatic rings. The van der Waals surface area contributed by atoms with E-state index >= 15 is 0 Å². The smallest absolute Gasteiger partial charge is 0.234 e. The largest absolute Gasteiger partial charge is 0.383 e. The Hall–Kier alpha value is -3.28. The molecule has 0 bridgehead atoms. The lowest BCUT2D eigenvalue weighted by molar-refractivity contribution is -0.125. The molecule has 0 aliphatic heterocycles. The average molecular weight is 380 g/mol. The van der Waals surface area contributed by atoms with Crippen molar-refractivity contribution in [3.05, 3.63) is 60.2 Å². The van der Waals surface area contributed by atoms with Crippen LogP contribution in [0.2, 0.25) is 0 Å². The van der Waals surface area contributed by atoms with E-state index < -0.39 is 0 Å². The van der Waals surface area contributed by atoms with Crippen LogP contribution < -0.4 is 10.2 Å². The number of hydrogen-bond donors (Lipinski definition) is 1. The van der Waals surface area contributed by atoms with Gasteiger partial charge in [-0.05, 0) is 38.1 Å². The van der Waals surface area contributed by atoms with Crippen LogP contribution in [-0.4, -0.2) is 36.3 Å². The van der Waals surface area contributed by atoms with Gasteiger partial charge in [0, 0.05) is 30.0 Å². The van der Waals surface area contributed by atoms with Crippen molar-refractivity contribution < 1.29 is 19.2 Å². The normalized spacial score (nSPS) is 10.2. The van der Waals surface area contributed by atoms with Crippen molar-refractivity contribution in [1.82, 2.24) is 0 Å². The summed E-state index contributed by atoms with van der Waals surface area (Å²) in [6.45, 7) is 3.47. The van der Waals surface area contributed by atoms with Crippen LogP contribution in [0.25, 0.3) is 0 Å². The first kappa shape index (κ1) is 21.0. The minimum atomic E-state index is -0.276. The zero-order valence-corrected chi connectivity index (χ0v) is 16.1. The van der Waals surface area contributed by atoms with Gasteiger partial charge in [-0.1, -0.05) is 30.3 Å². The molecule has 0 radical (unpaired) electrons. The van der Waals surface area contributed by atoms with Crippen molar-refractivity contribution in [1.29, 1.82) is 0 Å². The van der Waals surface area contributed by atoms with E-state index in [0.29, 0.717) is 30.0 Å². The highest BCUT2D eigenvalue weighted by Gasteiger charge is 2.18. The molecule has 0 saturated heterocycles. The van der Waals surface area contributed by atoms with Gasteiger partial charge < -0.3 is 10.2 Å². The molecule has 0 fully saturated rings. The van der Waals surface area contributed by atoms with Crippen LogP contribution in [0.5, 0.6) is 0 Å². The number of carbonyl (C=O) groups excluding carboxylic acids is 4. The number of benzene rings is 2. The average Bonchev–Trinajstić information content (AvgIpc) is 2.65. The first-order valence-corrected chi connectivity index (χ1v) is 9.09. The maximum atomic E-state index is 12.5. The Kier molecular flexibility index (Phi) is 7.63. The van der Waals surface area contributed by atoms with Gasteiger partial charge in [0.05, 0.1) is 12.8 Å². The van der Waals surface area contributed by atoms with Crippen molar-refractivity contribution in [3.8, 4) is 0 Å². The number of carbonyl (C=O) groups is 4. The van der Waals surface area contributed by atoms with E-state index in [9.17, 15) is 19.2 Å². The summed E-state index contributed by atoms with van der Waals surface area (Å²) in [6.07, 6.45) is -0.311. The summed E-state index contributed by atoms with van der Waals surface area (Å²) in [5.74, 6) is -0.909. The molecule has 1 N–H and O–H groups in total. The van der Waals surface area contributed by atoms with Gasteiger partial charge in [-0.3, -0.25) is 19.2 Å². The Morgan fingerprint density at radius 1 is 0.821 bits per heavy atom. The van der Waals surface area contributed by atoms with Crippen molar-refractivity contribution >= 4 is 34.6 Å². The summed E-state index contributed by atoms with van der Waals surface area (Å²) in [5, 5.41) is 3.16. The van der Waals surface area contributed by atoms with Crippen molar-refractivity contribution in [2.75, 3.05) is 23.3 Å². The molecule has 0 spiro atoms. The molecule has 2 aromatic carbocycles. The first-order valence-electron chi connectivity index (χ1n) is 9.09. The zero-order valence-electron chi connectivity index (χ0n) is 16.1. The second-order valence-electron chi connectivity index (χ2n) is 6.53. The maximum absolute atomic E-state index is 12.5. The molecule has 2 rings (SSSR count). The van der Waals surface area contributed by atoms with Gasteiger partial charge in [-0.25, -0.2) is 0 Å². The third kappa shape index (κ3) is 6.16. The van der Waals surface area contributed by atoms with E-state index in [1.165, 1.54) is 13.8 Å². The third-order valence-electron chi connectivity index (χ3n) is 4.06. The van der Waals surface area contributed by atoms with Crippen LogP contribution in [0.4, 0.5) is 11.4 Å². The number of rotatable bonds is 10. The summed E-state index contributed by atoms with van der Waals surface area (Å²) in [4.78, 5) is 48.9. The molecule has 0 saturated carbocycles. The Labute approximate surface area is 164 Å². The Balaban J connectivity index is 2.10. The van der Waals surface area contributed by atoms with E-state index in [-0.39, 0.29) is 36.1 Å². The predicted octanol–water partition coefficient (Wildman–Crippen LogP) is 3.27. The van der Waals surface area contributed by atoms with Crippen LogP contribution in [-0.2, 0) is 14.4 Å². The molecule has 0 unspecified atom stereocenters. The minimum absolute atomic E-state index is 0.147. The number of ketones is 3. The van der Waals surface area contributed by atoms with Crippen molar-refractivity contribution in [2.45, 2.75) is 26.7 Å². The second-order valence-corrected chi connectivity index (χ2v) is 6.53. The number of Topliss-reactive ketones (excluding diaryl/α,β-unsaturated/α-hetero) is 3. The molecular weight excluding hydrogens is 356 g/mol. The predicted molar refractivity (Wildman–Crippen MR) is 109 cm³/mol. The van der Waals surface area contributed by atoms with Gasteiger partial charge in [0.15, 0.2) is 5.78 Å². The number of para-hydroxylation sites is 2. The SMILES string of the molecule is CC(=O)CC(=O)c1ccccc1NCCN(C(=O)CC(C)=O)c1ccccc1. The van der Waals surface area contributed by atoms with Gasteiger partial charge in [-0.2, -0.15) is 0 Å². The molecule has 0 aromatic heterocycles. The van der Waals surface area contributed by atoms with E-state index in [4.69, 9.17) is 0 Å². The molecular formula is C22H24N2O4. The standard InChI is InChI=1S/C22H24N2O4/c1-16(25)14-21(27)19-10-6-7-11-20(19)23-12-13-24(22(28)15-17(2)26)18-8-4-3-5-9-18/h3-11,23H,12-15H2,1-2H3. The molecule has 6 nitrogen and oxygen atoms in total. The Morgan fingerprint density at radius 3 is 2.07 bits per heavy atom. The fourth-order valence-corrected chi connectivity index (χ4v) is 2.82. The summed E-state index contributed by atoms with van der Waals surface area (Å²) in [7, 11) is 0. The van der Waals surface area contributed by atoms with Gasteiger partial charge in [-0.15, -0.1) is 0 Å². The molecule has 1 amide bonds. The zero-order chi connectivity index (χ0) is 20.5. The van der Waals surface area contributed by atoms with E-state index in [2.05, 4.69) is 5.32 Å². The number of nitrogens with zero attached hydrogens (tertiary/aromatic N) is 1. The van der Waals surface area contributed by atoms with Crippen LogP contribution in [0.1, 0.15) is 37.0 Å². The van der Waals surface area contributed by atoms with Crippen LogP contribution in [0.15, 0.2) is 54.6 Å². The number of anilines is 2. The van der Waals surface area contributed by atoms with E-state index in [1.54, 1.807) is 29.2 Å². The highest BCUT2D eigenvalue weighted by molar-refractivity contribution is 6.10. The number of nitrogens with one attached hydrogen (secondary N) is 1. The van der Waals surface area contributed by atoms with Gasteiger partial charge in [0.25, 0.3) is 0 Å². The van der Waals surface area contributed by atoms with E-state index in [0.717, 1.165) is 0 Å². The molecule has 28 heavy (non-hydrogen) atoms. The lowest BCUT2D eigenvalue weighted by Gasteiger charge is -2.23. The lowest BCUT2D eigenvalue weighted by Crippen LogP contribution is -2.36. The van der Waals surface area contributed by atoms with Crippen LogP contribution in [0.3, 0.4) is 0 Å². The summed E-state index contributed by atoms with van der Waals surface area (Å²) in [6, 6.07) is 16.1. The lowest BCUT2D eigenvalue weighted by atomic mass is 10.0. The third-order valence-corrected chi connectivity index (χ3v) is 4.06. The van der Waals surface area contributed by atoms with Crippen LogP contribution >= 0.6 is 0 Å². The summed E-state index contributed by atoms with van der Waals surface area (Å²) < 4.78 is 0. The van der Waals surface area contributed by atoms with Gasteiger partial charge in [0.1, 0.15) is 11.6 Å². The quantitative estimate of drug-likeness (QED) is 0.505. The van der Waals surface area contributed by atoms with Gasteiger partial charge in [0.2, 0.25) is 5.91 Å². The minimum Gasteiger partial charge on any atom is -0.383 e. The van der Waals surface area contributed by atoms with Gasteiger partial charge >= 0.3 is 0 Å². The molecule has 6 heteroatoms. The second kappa shape index (κ2) is 10.2. The van der Waals surface area contributed by atoms with Crippen LogP contribution in [0, 0.1) is 0 Å². The highest BCUT2D eigenvalue weighted by atomic mass is 16.2. The molecule has 0 heterocycles. The van der Waals surface area contributed by atoms with E-state index in [1.807, 2.05) is 30.3 Å². The molecule has 2 aromatic rings. The fourth-order valence-electron chi connectivity index (χ4n) is 2.82. The number of hydrogen-bond acceptors (Lipinski definition) is 5. The maximum Gasteiger partial charge on any atom is 0.234 e. The molecule has 146 valence electrons. The topological polar surface area (TPSA) is 83.6 Å². The fraction of sp³-hybridized carbons (Fsp3) is 0.273. The Bertz CT molecular complexity index is 862. The van der Waals surface area contributed by atoms with Crippen molar-refractivity contribution in [3.63, 3.8) is 0 Å². The Morgan fingerprint density at radius 2 is 1.43 bits per heavy atom.